The van der Waals surface area contributed by atoms with E-state index in [-0.39, 0.29) is 32.5 Å². The Kier molecular flexibility index (Phi) is 4.85. The number of rotatable bonds is 4. The summed E-state index contributed by atoms with van der Waals surface area (Å²) >= 11 is 12.1. The summed E-state index contributed by atoms with van der Waals surface area (Å²) in [6.45, 7) is 1.79. The van der Waals surface area contributed by atoms with Crippen molar-refractivity contribution < 1.29 is 17.9 Å². The summed E-state index contributed by atoms with van der Waals surface area (Å²) in [5.74, 6) is -0.321. The maximum absolute atomic E-state index is 12.6. The number of sulfonamides is 1. The van der Waals surface area contributed by atoms with E-state index in [1.807, 2.05) is 0 Å². The number of hydrogen-bond donors (Lipinski definition) is 1. The van der Waals surface area contributed by atoms with Crippen molar-refractivity contribution in [2.24, 2.45) is 0 Å². The van der Waals surface area contributed by atoms with Crippen LogP contribution in [0.4, 0.5) is 0 Å². The average molecular weight is 379 g/mol. The maximum atomic E-state index is 12.6. The Balaban J connectivity index is 1.94. The number of halogens is 2. The fourth-order valence-corrected chi connectivity index (χ4v) is 4.48. The molecule has 0 aromatic heterocycles. The van der Waals surface area contributed by atoms with E-state index in [1.54, 1.807) is 4.90 Å². The quantitative estimate of drug-likeness (QED) is 0.867. The molecule has 1 saturated heterocycles. The molecule has 1 saturated carbocycles. The third kappa shape index (κ3) is 3.80. The molecule has 0 spiro atoms. The number of carbonyl (C=O) groups is 1. The van der Waals surface area contributed by atoms with E-state index in [0.29, 0.717) is 26.3 Å². The molecular formula is C14H16Cl2N2O4S. The monoisotopic (exact) mass is 378 g/mol. The number of nitrogens with zero attached hydrogens (tertiary/aromatic N) is 1. The van der Waals surface area contributed by atoms with Gasteiger partial charge in [0.2, 0.25) is 10.0 Å². The molecule has 9 heteroatoms. The molecule has 0 unspecified atom stereocenters. The lowest BCUT2D eigenvalue weighted by atomic mass is 10.2. The van der Waals surface area contributed by atoms with Gasteiger partial charge in [0.15, 0.2) is 0 Å². The van der Waals surface area contributed by atoms with Crippen LogP contribution in [0.2, 0.25) is 10.0 Å². The Morgan fingerprint density at radius 2 is 1.83 bits per heavy atom. The second-order valence-electron chi connectivity index (χ2n) is 5.56. The summed E-state index contributed by atoms with van der Waals surface area (Å²) in [6, 6.07) is 2.51. The number of amides is 1. The van der Waals surface area contributed by atoms with Crippen LogP contribution < -0.4 is 4.72 Å². The highest BCUT2D eigenvalue weighted by atomic mass is 35.5. The standard InChI is InChI=1S/C14H16Cl2N2O4S/c15-11-8-12(16)13(23(20,21)17-9-1-2-9)7-10(11)14(19)18-3-5-22-6-4-18/h7-9,17H,1-6H2. The van der Waals surface area contributed by atoms with Gasteiger partial charge in [-0.3, -0.25) is 4.79 Å². The van der Waals surface area contributed by atoms with E-state index >= 15 is 0 Å². The van der Waals surface area contributed by atoms with Crippen LogP contribution in [0.1, 0.15) is 23.2 Å². The number of ether oxygens (including phenoxy) is 1. The van der Waals surface area contributed by atoms with Gasteiger partial charge in [-0.15, -0.1) is 0 Å². The van der Waals surface area contributed by atoms with Crippen LogP contribution in [0.3, 0.4) is 0 Å². The van der Waals surface area contributed by atoms with E-state index in [4.69, 9.17) is 27.9 Å². The number of carbonyl (C=O) groups excluding carboxylic acids is 1. The number of benzene rings is 1. The molecule has 1 heterocycles. The van der Waals surface area contributed by atoms with Crippen molar-refractivity contribution in [3.8, 4) is 0 Å². The second kappa shape index (κ2) is 6.57. The van der Waals surface area contributed by atoms with Gasteiger partial charge in [0.25, 0.3) is 5.91 Å². The normalized spacial score (nSPS) is 19.0. The van der Waals surface area contributed by atoms with Gasteiger partial charge in [0, 0.05) is 19.1 Å². The first kappa shape index (κ1) is 17.0. The summed E-state index contributed by atoms with van der Waals surface area (Å²) in [7, 11) is -3.77. The predicted octanol–water partition coefficient (Wildman–Crippen LogP) is 1.91. The van der Waals surface area contributed by atoms with Crippen LogP contribution in [0.5, 0.6) is 0 Å². The third-order valence-electron chi connectivity index (χ3n) is 3.74. The fourth-order valence-electron chi connectivity index (χ4n) is 2.32. The zero-order chi connectivity index (χ0) is 16.6. The Labute approximate surface area is 144 Å². The molecule has 1 aromatic carbocycles. The zero-order valence-corrected chi connectivity index (χ0v) is 14.5. The first-order valence-corrected chi connectivity index (χ1v) is 9.51. The van der Waals surface area contributed by atoms with E-state index in [1.165, 1.54) is 12.1 Å². The second-order valence-corrected chi connectivity index (χ2v) is 8.06. The molecule has 126 valence electrons. The first-order valence-electron chi connectivity index (χ1n) is 7.27. The van der Waals surface area contributed by atoms with Crippen LogP contribution in [-0.2, 0) is 14.8 Å². The van der Waals surface area contributed by atoms with Gasteiger partial charge >= 0.3 is 0 Å². The summed E-state index contributed by atoms with van der Waals surface area (Å²) in [6.07, 6.45) is 1.62. The van der Waals surface area contributed by atoms with Crippen LogP contribution in [0, 0.1) is 0 Å². The molecule has 0 atom stereocenters. The van der Waals surface area contributed by atoms with Crippen molar-refractivity contribution in [3.05, 3.63) is 27.7 Å². The topological polar surface area (TPSA) is 75.7 Å². The molecule has 1 aliphatic carbocycles. The molecule has 1 aromatic rings. The van der Waals surface area contributed by atoms with Crippen molar-refractivity contribution in [3.63, 3.8) is 0 Å². The Morgan fingerprint density at radius 3 is 2.43 bits per heavy atom. The van der Waals surface area contributed by atoms with Gasteiger partial charge in [0.05, 0.1) is 28.8 Å². The Hall–Kier alpha value is -0.860. The Bertz CT molecular complexity index is 729. The highest BCUT2D eigenvalue weighted by Crippen LogP contribution is 2.31. The van der Waals surface area contributed by atoms with Crippen molar-refractivity contribution in [1.29, 1.82) is 0 Å². The first-order chi connectivity index (χ1) is 10.9. The van der Waals surface area contributed by atoms with Gasteiger partial charge < -0.3 is 9.64 Å². The van der Waals surface area contributed by atoms with Gasteiger partial charge in [-0.25, -0.2) is 13.1 Å². The van der Waals surface area contributed by atoms with Crippen LogP contribution in [-0.4, -0.2) is 51.6 Å². The van der Waals surface area contributed by atoms with E-state index < -0.39 is 10.0 Å². The van der Waals surface area contributed by atoms with Crippen LogP contribution >= 0.6 is 23.2 Å². The minimum absolute atomic E-state index is 0.00155. The number of nitrogens with one attached hydrogen (secondary N) is 1. The molecule has 1 amide bonds. The summed E-state index contributed by atoms with van der Waals surface area (Å²) in [5, 5.41) is 0.138. The average Bonchev–Trinajstić information content (AvgIpc) is 3.30. The van der Waals surface area contributed by atoms with Gasteiger partial charge in [-0.2, -0.15) is 0 Å². The van der Waals surface area contributed by atoms with E-state index in [2.05, 4.69) is 4.72 Å². The zero-order valence-electron chi connectivity index (χ0n) is 12.2. The minimum atomic E-state index is -3.77. The molecule has 1 N–H and O–H groups in total. The molecule has 0 bridgehead atoms. The smallest absolute Gasteiger partial charge is 0.255 e. The molecule has 0 radical (unpaired) electrons. The lowest BCUT2D eigenvalue weighted by Gasteiger charge is -2.27. The summed E-state index contributed by atoms with van der Waals surface area (Å²) < 4.78 is 32.5. The molecule has 3 rings (SSSR count). The molecule has 2 aliphatic rings. The SMILES string of the molecule is O=C(c1cc(S(=O)(=O)NC2CC2)c(Cl)cc1Cl)N1CCOCC1. The molecular weight excluding hydrogens is 363 g/mol. The number of morpholine rings is 1. The van der Waals surface area contributed by atoms with Crippen LogP contribution in [0.15, 0.2) is 17.0 Å². The number of hydrogen-bond acceptors (Lipinski definition) is 4. The molecule has 6 nitrogen and oxygen atoms in total. The maximum Gasteiger partial charge on any atom is 0.255 e. The van der Waals surface area contributed by atoms with Gasteiger partial charge in [-0.05, 0) is 25.0 Å². The van der Waals surface area contributed by atoms with E-state index in [9.17, 15) is 13.2 Å². The van der Waals surface area contributed by atoms with Gasteiger partial charge in [0.1, 0.15) is 4.90 Å². The third-order valence-corrected chi connectivity index (χ3v) is 6.04. The van der Waals surface area contributed by atoms with Crippen LogP contribution in [0.25, 0.3) is 0 Å². The van der Waals surface area contributed by atoms with E-state index in [0.717, 1.165) is 12.8 Å². The molecule has 2 fully saturated rings. The molecule has 23 heavy (non-hydrogen) atoms. The fraction of sp³-hybridized carbons (Fsp3) is 0.500. The molecule has 1 aliphatic heterocycles. The lowest BCUT2D eigenvalue weighted by molar-refractivity contribution is 0.0303. The predicted molar refractivity (Wildman–Crippen MR) is 86.5 cm³/mol. The van der Waals surface area contributed by atoms with Crippen molar-refractivity contribution in [2.75, 3.05) is 26.3 Å². The minimum Gasteiger partial charge on any atom is -0.378 e. The summed E-state index contributed by atoms with van der Waals surface area (Å²) in [4.78, 5) is 14.0. The largest absolute Gasteiger partial charge is 0.378 e. The lowest BCUT2D eigenvalue weighted by Crippen LogP contribution is -2.40. The highest BCUT2D eigenvalue weighted by molar-refractivity contribution is 7.89. The van der Waals surface area contributed by atoms with Crippen molar-refractivity contribution >= 4 is 39.1 Å². The summed E-state index contributed by atoms with van der Waals surface area (Å²) in [5.41, 5.74) is 0.133. The van der Waals surface area contributed by atoms with Crippen molar-refractivity contribution in [1.82, 2.24) is 9.62 Å². The van der Waals surface area contributed by atoms with Crippen molar-refractivity contribution in [2.45, 2.75) is 23.8 Å². The Morgan fingerprint density at radius 1 is 1.17 bits per heavy atom. The van der Waals surface area contributed by atoms with Gasteiger partial charge in [-0.1, -0.05) is 23.2 Å². The highest BCUT2D eigenvalue weighted by Gasteiger charge is 2.31.